The van der Waals surface area contributed by atoms with E-state index in [4.69, 9.17) is 16.3 Å². The number of carbonyl (C=O) groups excluding carboxylic acids is 1. The molecule has 3 rings (SSSR count). The molecular weight excluding hydrogens is 342 g/mol. The normalized spacial score (nSPS) is 15.0. The van der Waals surface area contributed by atoms with E-state index in [1.165, 1.54) is 16.8 Å². The lowest BCUT2D eigenvalue weighted by atomic mass is 10.0. The van der Waals surface area contributed by atoms with Crippen molar-refractivity contribution in [3.05, 3.63) is 63.0 Å². The van der Waals surface area contributed by atoms with E-state index in [-0.39, 0.29) is 23.2 Å². The summed E-state index contributed by atoms with van der Waals surface area (Å²) in [6.45, 7) is 0.660. The van der Waals surface area contributed by atoms with Crippen molar-refractivity contribution in [1.29, 1.82) is 0 Å². The molecule has 25 heavy (non-hydrogen) atoms. The smallest absolute Gasteiger partial charge is 0.272 e. The van der Waals surface area contributed by atoms with Gasteiger partial charge in [-0.2, -0.15) is 5.10 Å². The quantitative estimate of drug-likeness (QED) is 0.822. The highest BCUT2D eigenvalue weighted by Gasteiger charge is 2.33. The Balaban J connectivity index is 1.77. The second-order valence-corrected chi connectivity index (χ2v) is 6.55. The third kappa shape index (κ3) is 4.46. The molecule has 1 aliphatic carbocycles. The number of amides is 1. The molecule has 2 aromatic rings. The Morgan fingerprint density at radius 1 is 1.32 bits per heavy atom. The predicted molar refractivity (Wildman–Crippen MR) is 94.8 cm³/mol. The molecule has 0 spiro atoms. The fraction of sp³-hybridized carbons (Fsp3) is 0.389. The molecule has 1 N–H and O–H groups in total. The van der Waals surface area contributed by atoms with Gasteiger partial charge in [-0.15, -0.1) is 0 Å². The van der Waals surface area contributed by atoms with Gasteiger partial charge in [-0.1, -0.05) is 23.7 Å². The molecule has 1 aliphatic rings. The van der Waals surface area contributed by atoms with Crippen LogP contribution in [0.1, 0.15) is 34.9 Å². The summed E-state index contributed by atoms with van der Waals surface area (Å²) in [5, 5.41) is 7.85. The lowest BCUT2D eigenvalue weighted by molar-refractivity contribution is 0.0923. The molecule has 1 aromatic carbocycles. The van der Waals surface area contributed by atoms with Crippen molar-refractivity contribution in [1.82, 2.24) is 15.1 Å². The first-order valence-electron chi connectivity index (χ1n) is 8.22. The van der Waals surface area contributed by atoms with Crippen LogP contribution in [0.3, 0.4) is 0 Å². The monoisotopic (exact) mass is 361 g/mol. The van der Waals surface area contributed by atoms with Crippen LogP contribution in [-0.2, 0) is 11.3 Å². The van der Waals surface area contributed by atoms with Gasteiger partial charge in [0.25, 0.3) is 11.5 Å². The summed E-state index contributed by atoms with van der Waals surface area (Å²) in [6.07, 6.45) is 2.16. The minimum absolute atomic E-state index is 0.0779. The highest BCUT2D eigenvalue weighted by atomic mass is 35.5. The van der Waals surface area contributed by atoms with Gasteiger partial charge in [0, 0.05) is 18.2 Å². The number of carbonyl (C=O) groups is 1. The summed E-state index contributed by atoms with van der Waals surface area (Å²) < 4.78 is 6.20. The van der Waals surface area contributed by atoms with Crippen LogP contribution < -0.4 is 10.9 Å². The van der Waals surface area contributed by atoms with Gasteiger partial charge in [0.1, 0.15) is 5.69 Å². The van der Waals surface area contributed by atoms with Crippen LogP contribution in [0.2, 0.25) is 5.02 Å². The first kappa shape index (κ1) is 17.6. The fourth-order valence-electron chi connectivity index (χ4n) is 2.70. The highest BCUT2D eigenvalue weighted by molar-refractivity contribution is 6.30. The fourth-order valence-corrected chi connectivity index (χ4v) is 2.82. The number of aromatic nitrogens is 2. The second kappa shape index (κ2) is 7.80. The molecule has 1 aromatic heterocycles. The van der Waals surface area contributed by atoms with Crippen LogP contribution in [-0.4, -0.2) is 29.4 Å². The molecule has 1 saturated carbocycles. The molecule has 1 unspecified atom stereocenters. The average Bonchev–Trinajstić information content (AvgIpc) is 3.44. The van der Waals surface area contributed by atoms with Crippen LogP contribution >= 0.6 is 11.6 Å². The van der Waals surface area contributed by atoms with E-state index in [1.54, 1.807) is 7.11 Å². The maximum atomic E-state index is 12.6. The summed E-state index contributed by atoms with van der Waals surface area (Å²) in [6, 6.07) is 10.2. The Labute approximate surface area is 150 Å². The van der Waals surface area contributed by atoms with Crippen molar-refractivity contribution in [2.75, 3.05) is 13.7 Å². The van der Waals surface area contributed by atoms with E-state index >= 15 is 0 Å². The molecule has 1 atom stereocenters. The Bertz CT molecular complexity index is 800. The molecule has 0 radical (unpaired) electrons. The van der Waals surface area contributed by atoms with Gasteiger partial charge in [0.2, 0.25) is 0 Å². The van der Waals surface area contributed by atoms with Crippen LogP contribution in [0, 0.1) is 5.92 Å². The molecule has 7 heteroatoms. The molecular formula is C18H20ClN3O3. The van der Waals surface area contributed by atoms with Gasteiger partial charge in [0.15, 0.2) is 0 Å². The topological polar surface area (TPSA) is 73.2 Å². The number of benzene rings is 1. The molecule has 132 valence electrons. The number of rotatable bonds is 7. The number of nitrogens with one attached hydrogen (secondary N) is 1. The zero-order chi connectivity index (χ0) is 17.8. The Hall–Kier alpha value is -2.18. The number of ether oxygens (including phenoxy) is 1. The Kier molecular flexibility index (Phi) is 5.50. The minimum Gasteiger partial charge on any atom is -0.383 e. The van der Waals surface area contributed by atoms with Crippen molar-refractivity contribution >= 4 is 17.5 Å². The third-order valence-electron chi connectivity index (χ3n) is 4.22. The molecule has 1 fully saturated rings. The third-order valence-corrected chi connectivity index (χ3v) is 4.47. The molecule has 1 heterocycles. The van der Waals surface area contributed by atoms with Gasteiger partial charge >= 0.3 is 0 Å². The van der Waals surface area contributed by atoms with Crippen molar-refractivity contribution in [2.45, 2.75) is 25.4 Å². The molecule has 0 aliphatic heterocycles. The van der Waals surface area contributed by atoms with Crippen LogP contribution in [0.4, 0.5) is 0 Å². The summed E-state index contributed by atoms with van der Waals surface area (Å²) in [4.78, 5) is 24.4. The summed E-state index contributed by atoms with van der Waals surface area (Å²) in [5.74, 6) is 0.127. The molecule has 0 bridgehead atoms. The van der Waals surface area contributed by atoms with Gasteiger partial charge in [0.05, 0.1) is 19.2 Å². The highest BCUT2D eigenvalue weighted by Crippen LogP contribution is 2.41. The predicted octanol–water partition coefficient (Wildman–Crippen LogP) is 2.42. The van der Waals surface area contributed by atoms with Crippen molar-refractivity contribution in [3.8, 4) is 0 Å². The van der Waals surface area contributed by atoms with E-state index in [0.29, 0.717) is 24.1 Å². The lowest BCUT2D eigenvalue weighted by Crippen LogP contribution is -2.33. The first-order chi connectivity index (χ1) is 12.1. The molecule has 6 nitrogen and oxygen atoms in total. The van der Waals surface area contributed by atoms with Gasteiger partial charge in [-0.3, -0.25) is 9.59 Å². The first-order valence-corrected chi connectivity index (χ1v) is 8.59. The summed E-state index contributed by atoms with van der Waals surface area (Å²) >= 11 is 5.95. The van der Waals surface area contributed by atoms with Gasteiger partial charge in [-0.25, -0.2) is 4.68 Å². The number of nitrogens with zero attached hydrogens (tertiary/aromatic N) is 2. The standard InChI is InChI=1S/C18H20ClN3O3/c1-25-11-10-22-16(23)9-8-15(21-22)18(24)20-17(12-2-3-12)13-4-6-14(19)7-5-13/h4-9,12,17H,2-3,10-11H2,1H3,(H,20,24). The Morgan fingerprint density at radius 2 is 2.04 bits per heavy atom. The lowest BCUT2D eigenvalue weighted by Gasteiger charge is -2.19. The summed E-state index contributed by atoms with van der Waals surface area (Å²) in [5.41, 5.74) is 0.980. The maximum absolute atomic E-state index is 12.6. The second-order valence-electron chi connectivity index (χ2n) is 6.11. The zero-order valence-corrected chi connectivity index (χ0v) is 14.7. The van der Waals surface area contributed by atoms with E-state index < -0.39 is 0 Å². The number of hydrogen-bond donors (Lipinski definition) is 1. The molecule has 0 saturated heterocycles. The SMILES string of the molecule is COCCn1nc(C(=O)NC(c2ccc(Cl)cc2)C2CC2)ccc1=O. The van der Waals surface area contributed by atoms with Gasteiger partial charge < -0.3 is 10.1 Å². The van der Waals surface area contributed by atoms with Crippen molar-refractivity contribution in [3.63, 3.8) is 0 Å². The van der Waals surface area contributed by atoms with E-state index in [2.05, 4.69) is 10.4 Å². The van der Waals surface area contributed by atoms with Crippen LogP contribution in [0.5, 0.6) is 0 Å². The maximum Gasteiger partial charge on any atom is 0.272 e. The van der Waals surface area contributed by atoms with Crippen LogP contribution in [0.15, 0.2) is 41.2 Å². The van der Waals surface area contributed by atoms with Crippen molar-refractivity contribution in [2.24, 2.45) is 5.92 Å². The average molecular weight is 362 g/mol. The van der Waals surface area contributed by atoms with E-state index in [9.17, 15) is 9.59 Å². The van der Waals surface area contributed by atoms with Gasteiger partial charge in [-0.05, 0) is 42.5 Å². The van der Waals surface area contributed by atoms with E-state index in [1.807, 2.05) is 24.3 Å². The van der Waals surface area contributed by atoms with Crippen molar-refractivity contribution < 1.29 is 9.53 Å². The zero-order valence-electron chi connectivity index (χ0n) is 13.9. The number of methoxy groups -OCH3 is 1. The van der Waals surface area contributed by atoms with Crippen LogP contribution in [0.25, 0.3) is 0 Å². The molecule has 1 amide bonds. The Morgan fingerprint density at radius 3 is 2.68 bits per heavy atom. The van der Waals surface area contributed by atoms with E-state index in [0.717, 1.165) is 18.4 Å². The number of hydrogen-bond acceptors (Lipinski definition) is 4. The number of halogens is 1. The summed E-state index contributed by atoms with van der Waals surface area (Å²) in [7, 11) is 1.55. The minimum atomic E-state index is -0.294. The largest absolute Gasteiger partial charge is 0.383 e.